The molecular formula is C25H27N5O4. The van der Waals surface area contributed by atoms with Crippen molar-refractivity contribution in [3.8, 4) is 0 Å². The van der Waals surface area contributed by atoms with E-state index in [2.05, 4.69) is 15.6 Å². The van der Waals surface area contributed by atoms with E-state index in [-0.39, 0.29) is 18.4 Å². The van der Waals surface area contributed by atoms with E-state index in [4.69, 9.17) is 9.15 Å². The highest BCUT2D eigenvalue weighted by Crippen LogP contribution is 2.32. The first-order valence-electron chi connectivity index (χ1n) is 11.1. The van der Waals surface area contributed by atoms with Gasteiger partial charge in [0.25, 0.3) is 5.91 Å². The van der Waals surface area contributed by atoms with Gasteiger partial charge in [0.2, 0.25) is 5.91 Å². The van der Waals surface area contributed by atoms with E-state index in [1.807, 2.05) is 55.5 Å². The number of furan rings is 1. The molecule has 0 unspecified atom stereocenters. The number of nitrogens with zero attached hydrogens (tertiary/aromatic N) is 4. The van der Waals surface area contributed by atoms with Crippen LogP contribution < -0.4 is 10.2 Å². The molecule has 0 fully saturated rings. The maximum absolute atomic E-state index is 13.9. The Bertz CT molecular complexity index is 1250. The van der Waals surface area contributed by atoms with Gasteiger partial charge in [-0.1, -0.05) is 42.5 Å². The zero-order valence-electron chi connectivity index (χ0n) is 19.2. The van der Waals surface area contributed by atoms with Crippen molar-refractivity contribution in [1.29, 1.82) is 0 Å². The molecule has 176 valence electrons. The van der Waals surface area contributed by atoms with Gasteiger partial charge in [-0.2, -0.15) is 0 Å². The van der Waals surface area contributed by atoms with Crippen LogP contribution in [0.2, 0.25) is 0 Å². The van der Waals surface area contributed by atoms with Crippen molar-refractivity contribution in [2.24, 2.45) is 0 Å². The molecule has 0 saturated carbocycles. The summed E-state index contributed by atoms with van der Waals surface area (Å²) in [6.45, 7) is 2.56. The van der Waals surface area contributed by atoms with Gasteiger partial charge in [-0.25, -0.2) is 4.68 Å². The number of hydrogen-bond donors (Lipinski definition) is 1. The first-order valence-corrected chi connectivity index (χ1v) is 11.1. The number of anilines is 1. The molecule has 1 atom stereocenters. The molecule has 34 heavy (non-hydrogen) atoms. The van der Waals surface area contributed by atoms with Crippen LogP contribution in [0.1, 0.15) is 24.3 Å². The van der Waals surface area contributed by atoms with Gasteiger partial charge in [0.15, 0.2) is 6.04 Å². The van der Waals surface area contributed by atoms with Crippen LogP contribution in [-0.2, 0) is 27.3 Å². The second kappa shape index (κ2) is 10.8. The van der Waals surface area contributed by atoms with Gasteiger partial charge in [0.1, 0.15) is 17.8 Å². The third-order valence-electron chi connectivity index (χ3n) is 5.53. The molecule has 0 saturated heterocycles. The normalized spacial score (nSPS) is 11.9. The summed E-state index contributed by atoms with van der Waals surface area (Å²) < 4.78 is 12.2. The number of hydrogen-bond acceptors (Lipinski definition) is 6. The molecule has 2 aromatic carbocycles. The topological polar surface area (TPSA) is 102 Å². The van der Waals surface area contributed by atoms with Crippen molar-refractivity contribution >= 4 is 28.5 Å². The highest BCUT2D eigenvalue weighted by atomic mass is 16.5. The number of carbonyl (C=O) groups excluding carboxylic acids is 2. The minimum absolute atomic E-state index is 0.0961. The Kier molecular flexibility index (Phi) is 7.34. The molecule has 4 aromatic rings. The Labute approximate surface area is 197 Å². The van der Waals surface area contributed by atoms with E-state index >= 15 is 0 Å². The average Bonchev–Trinajstić information content (AvgIpc) is 3.53. The first-order chi connectivity index (χ1) is 16.6. The van der Waals surface area contributed by atoms with Gasteiger partial charge in [0, 0.05) is 19.3 Å². The third-order valence-corrected chi connectivity index (χ3v) is 5.53. The number of nitrogens with one attached hydrogen (secondary N) is 1. The molecule has 2 aromatic heterocycles. The lowest BCUT2D eigenvalue weighted by molar-refractivity contribution is -0.127. The van der Waals surface area contributed by atoms with Crippen LogP contribution in [0.25, 0.3) is 11.0 Å². The van der Waals surface area contributed by atoms with Crippen LogP contribution >= 0.6 is 0 Å². The van der Waals surface area contributed by atoms with Crippen molar-refractivity contribution in [3.05, 3.63) is 78.3 Å². The van der Waals surface area contributed by atoms with Crippen molar-refractivity contribution in [1.82, 2.24) is 20.3 Å². The van der Waals surface area contributed by atoms with Gasteiger partial charge >= 0.3 is 0 Å². The van der Waals surface area contributed by atoms with Gasteiger partial charge in [-0.3, -0.25) is 14.5 Å². The van der Waals surface area contributed by atoms with Gasteiger partial charge < -0.3 is 14.5 Å². The number of ether oxygens (including phenoxy) is 1. The fourth-order valence-electron chi connectivity index (χ4n) is 3.89. The van der Waals surface area contributed by atoms with E-state index < -0.39 is 6.04 Å². The maximum Gasteiger partial charge on any atom is 0.251 e. The number of amides is 2. The number of benzene rings is 2. The Balaban J connectivity index is 1.77. The number of para-hydroxylation sites is 2. The number of carbonyl (C=O) groups is 2. The molecule has 9 nitrogen and oxygen atoms in total. The van der Waals surface area contributed by atoms with Crippen LogP contribution in [-0.4, -0.2) is 47.1 Å². The van der Waals surface area contributed by atoms with Gasteiger partial charge in [-0.15, -0.1) is 5.10 Å². The SMILES string of the molecule is CCc1ccccc1N(C(=O)Cn1nnc2ccccc21)[C@H](C(=O)NCCOC)c1ccco1. The largest absolute Gasteiger partial charge is 0.467 e. The quantitative estimate of drug-likeness (QED) is 0.364. The molecule has 0 aliphatic heterocycles. The summed E-state index contributed by atoms with van der Waals surface area (Å²) >= 11 is 0. The monoisotopic (exact) mass is 461 g/mol. The summed E-state index contributed by atoms with van der Waals surface area (Å²) in [5.41, 5.74) is 3.00. The van der Waals surface area contributed by atoms with E-state index in [1.54, 1.807) is 23.9 Å². The molecule has 9 heteroatoms. The third kappa shape index (κ3) is 4.84. The summed E-state index contributed by atoms with van der Waals surface area (Å²) in [7, 11) is 1.56. The average molecular weight is 462 g/mol. The predicted octanol–water partition coefficient (Wildman–Crippen LogP) is 3.12. The molecule has 0 radical (unpaired) electrons. The van der Waals surface area contributed by atoms with Crippen LogP contribution in [0.4, 0.5) is 5.69 Å². The minimum Gasteiger partial charge on any atom is -0.467 e. The number of aromatic nitrogens is 3. The van der Waals surface area contributed by atoms with Crippen LogP contribution in [0, 0.1) is 0 Å². The first kappa shape index (κ1) is 23.2. The molecule has 0 aliphatic rings. The van der Waals surface area contributed by atoms with Gasteiger partial charge in [0.05, 0.1) is 18.4 Å². The van der Waals surface area contributed by atoms with Crippen molar-refractivity contribution in [3.63, 3.8) is 0 Å². The Morgan fingerprint density at radius 1 is 1.12 bits per heavy atom. The number of rotatable bonds is 10. The van der Waals surface area contributed by atoms with E-state index in [0.29, 0.717) is 36.5 Å². The second-order valence-corrected chi connectivity index (χ2v) is 7.68. The number of fused-ring (bicyclic) bond motifs is 1. The molecule has 2 heterocycles. The Morgan fingerprint density at radius 2 is 1.91 bits per heavy atom. The summed E-state index contributed by atoms with van der Waals surface area (Å²) in [6, 6.07) is 17.4. The van der Waals surface area contributed by atoms with Crippen molar-refractivity contribution in [2.75, 3.05) is 25.2 Å². The fourth-order valence-corrected chi connectivity index (χ4v) is 3.89. The number of methoxy groups -OCH3 is 1. The lowest BCUT2D eigenvalue weighted by atomic mass is 10.1. The zero-order valence-corrected chi connectivity index (χ0v) is 19.2. The molecular weight excluding hydrogens is 434 g/mol. The maximum atomic E-state index is 13.9. The van der Waals surface area contributed by atoms with E-state index in [0.717, 1.165) is 11.1 Å². The minimum atomic E-state index is -1.01. The fraction of sp³-hybridized carbons (Fsp3) is 0.280. The van der Waals surface area contributed by atoms with Crippen LogP contribution in [0.15, 0.2) is 71.3 Å². The summed E-state index contributed by atoms with van der Waals surface area (Å²) in [5, 5.41) is 11.2. The van der Waals surface area contributed by atoms with Crippen LogP contribution in [0.5, 0.6) is 0 Å². The molecule has 0 spiro atoms. The van der Waals surface area contributed by atoms with E-state index in [9.17, 15) is 9.59 Å². The molecule has 2 amide bonds. The zero-order chi connectivity index (χ0) is 23.9. The van der Waals surface area contributed by atoms with E-state index in [1.165, 1.54) is 11.2 Å². The van der Waals surface area contributed by atoms with Gasteiger partial charge in [-0.05, 0) is 42.3 Å². The molecule has 1 N–H and O–H groups in total. The molecule has 0 aliphatic carbocycles. The molecule has 0 bridgehead atoms. The van der Waals surface area contributed by atoms with Crippen molar-refractivity contribution in [2.45, 2.75) is 25.9 Å². The highest BCUT2D eigenvalue weighted by Gasteiger charge is 2.36. The van der Waals surface area contributed by atoms with Crippen molar-refractivity contribution < 1.29 is 18.7 Å². The standard InChI is InChI=1S/C25H27N5O4/c1-3-18-9-4-6-11-20(18)30(23(31)17-29-21-12-7-5-10-19(21)27-28-29)24(22-13-8-15-34-22)25(32)26-14-16-33-2/h4-13,15,24H,3,14,16-17H2,1-2H3,(H,26,32)/t24-/m0/s1. The summed E-state index contributed by atoms with van der Waals surface area (Å²) in [5.74, 6) is -0.327. The summed E-state index contributed by atoms with van der Waals surface area (Å²) in [6.07, 6.45) is 2.17. The lowest BCUT2D eigenvalue weighted by Crippen LogP contribution is -2.46. The Hall–Kier alpha value is -3.98. The summed E-state index contributed by atoms with van der Waals surface area (Å²) in [4.78, 5) is 28.8. The molecule has 4 rings (SSSR count). The smallest absolute Gasteiger partial charge is 0.251 e. The predicted molar refractivity (Wildman–Crippen MR) is 127 cm³/mol. The lowest BCUT2D eigenvalue weighted by Gasteiger charge is -2.31. The Morgan fingerprint density at radius 3 is 2.68 bits per heavy atom. The second-order valence-electron chi connectivity index (χ2n) is 7.68. The highest BCUT2D eigenvalue weighted by molar-refractivity contribution is 6.01. The van der Waals surface area contributed by atoms with Crippen LogP contribution in [0.3, 0.4) is 0 Å². The number of aryl methyl sites for hydroxylation is 1.